The molecule has 1 heterocycles. The van der Waals surface area contributed by atoms with Crippen molar-refractivity contribution in [1.29, 1.82) is 0 Å². The highest BCUT2D eigenvalue weighted by Gasteiger charge is 2.15. The predicted molar refractivity (Wildman–Crippen MR) is 87.4 cm³/mol. The van der Waals surface area contributed by atoms with E-state index in [-0.39, 0.29) is 0 Å². The molecule has 3 heteroatoms. The molecule has 1 unspecified atom stereocenters. The number of nitrogens with one attached hydrogen (secondary N) is 1. The lowest BCUT2D eigenvalue weighted by atomic mass is 9.95. The smallest absolute Gasteiger partial charge is 0.0960 e. The van der Waals surface area contributed by atoms with Crippen LogP contribution >= 0.6 is 11.8 Å². The molecule has 0 fully saturated rings. The molecule has 0 amide bonds. The highest BCUT2D eigenvalue weighted by atomic mass is 32.2. The van der Waals surface area contributed by atoms with E-state index in [4.69, 9.17) is 0 Å². The van der Waals surface area contributed by atoms with Gasteiger partial charge in [0, 0.05) is 18.0 Å². The molecular formula is C17H22N2S. The van der Waals surface area contributed by atoms with Crippen molar-refractivity contribution in [3.63, 3.8) is 0 Å². The zero-order valence-electron chi connectivity index (χ0n) is 12.6. The van der Waals surface area contributed by atoms with E-state index in [2.05, 4.69) is 49.3 Å². The molecule has 106 valence electrons. The fraction of sp³-hybridized carbons (Fsp3) is 0.353. The average molecular weight is 286 g/mol. The topological polar surface area (TPSA) is 24.9 Å². The van der Waals surface area contributed by atoms with Gasteiger partial charge >= 0.3 is 0 Å². The van der Waals surface area contributed by atoms with Crippen LogP contribution in [0.25, 0.3) is 0 Å². The quantitative estimate of drug-likeness (QED) is 0.839. The van der Waals surface area contributed by atoms with E-state index in [1.165, 1.54) is 22.3 Å². The lowest BCUT2D eigenvalue weighted by Gasteiger charge is -2.21. The van der Waals surface area contributed by atoms with Gasteiger partial charge in [-0.1, -0.05) is 23.8 Å². The Balaban J connectivity index is 2.17. The minimum atomic E-state index is 0.350. The van der Waals surface area contributed by atoms with Crippen molar-refractivity contribution in [2.75, 3.05) is 12.8 Å². The maximum atomic E-state index is 4.37. The molecule has 1 aromatic carbocycles. The lowest BCUT2D eigenvalue weighted by molar-refractivity contribution is 0.653. The number of rotatable bonds is 5. The van der Waals surface area contributed by atoms with Crippen LogP contribution in [0.4, 0.5) is 0 Å². The van der Waals surface area contributed by atoms with Crippen LogP contribution in [0, 0.1) is 20.8 Å². The van der Waals surface area contributed by atoms with Crippen LogP contribution in [0.15, 0.2) is 41.6 Å². The monoisotopic (exact) mass is 286 g/mol. The summed E-state index contributed by atoms with van der Waals surface area (Å²) in [5, 5.41) is 4.52. The van der Waals surface area contributed by atoms with Gasteiger partial charge in [0.05, 0.1) is 5.03 Å². The zero-order valence-corrected chi connectivity index (χ0v) is 13.4. The van der Waals surface area contributed by atoms with Gasteiger partial charge < -0.3 is 5.32 Å². The van der Waals surface area contributed by atoms with Gasteiger partial charge in [-0.15, -0.1) is 11.8 Å². The number of aromatic nitrogens is 1. The Labute approximate surface area is 126 Å². The Morgan fingerprint density at radius 3 is 2.40 bits per heavy atom. The fourth-order valence-corrected chi connectivity index (χ4v) is 3.63. The van der Waals surface area contributed by atoms with Crippen LogP contribution in [0.2, 0.25) is 0 Å². The van der Waals surface area contributed by atoms with E-state index in [1.807, 2.05) is 25.4 Å². The van der Waals surface area contributed by atoms with Crippen molar-refractivity contribution < 1.29 is 0 Å². The van der Waals surface area contributed by atoms with Crippen molar-refractivity contribution in [3.8, 4) is 0 Å². The first-order chi connectivity index (χ1) is 9.61. The second-order valence-corrected chi connectivity index (χ2v) is 6.17. The Kier molecular flexibility index (Phi) is 5.21. The van der Waals surface area contributed by atoms with Crippen molar-refractivity contribution in [2.45, 2.75) is 31.8 Å². The third kappa shape index (κ3) is 3.62. The molecule has 2 rings (SSSR count). The van der Waals surface area contributed by atoms with Gasteiger partial charge in [0.25, 0.3) is 0 Å². The third-order valence-electron chi connectivity index (χ3n) is 3.47. The van der Waals surface area contributed by atoms with Gasteiger partial charge in [0.2, 0.25) is 0 Å². The number of hydrogen-bond acceptors (Lipinski definition) is 3. The molecule has 1 atom stereocenters. The normalized spacial score (nSPS) is 12.4. The number of pyridine rings is 1. The Morgan fingerprint density at radius 1 is 1.15 bits per heavy atom. The lowest BCUT2D eigenvalue weighted by Crippen LogP contribution is -2.21. The fourth-order valence-electron chi connectivity index (χ4n) is 2.65. The maximum absolute atomic E-state index is 4.37. The van der Waals surface area contributed by atoms with E-state index in [1.54, 1.807) is 11.8 Å². The number of thioether (sulfide) groups is 1. The van der Waals surface area contributed by atoms with Crippen LogP contribution in [0.5, 0.6) is 0 Å². The van der Waals surface area contributed by atoms with Crippen molar-refractivity contribution >= 4 is 11.8 Å². The zero-order chi connectivity index (χ0) is 14.5. The standard InChI is InChI=1S/C17H22N2S/c1-12-9-13(2)17(14(3)10-12)15(18-4)11-20-16-7-5-6-8-19-16/h5-10,15,18H,11H2,1-4H3. The SMILES string of the molecule is CNC(CSc1ccccn1)c1c(C)cc(C)cc1C. The van der Waals surface area contributed by atoms with Gasteiger partial charge in [-0.2, -0.15) is 0 Å². The largest absolute Gasteiger partial charge is 0.312 e. The summed E-state index contributed by atoms with van der Waals surface area (Å²) in [6, 6.07) is 10.9. The summed E-state index contributed by atoms with van der Waals surface area (Å²) in [5.74, 6) is 0.984. The summed E-state index contributed by atoms with van der Waals surface area (Å²) >= 11 is 1.80. The molecule has 20 heavy (non-hydrogen) atoms. The molecule has 0 saturated heterocycles. The van der Waals surface area contributed by atoms with E-state index in [0.29, 0.717) is 6.04 Å². The summed E-state index contributed by atoms with van der Waals surface area (Å²) in [6.07, 6.45) is 1.85. The average Bonchev–Trinajstić information content (AvgIpc) is 2.42. The highest BCUT2D eigenvalue weighted by Crippen LogP contribution is 2.28. The molecule has 1 aromatic heterocycles. The Morgan fingerprint density at radius 2 is 1.85 bits per heavy atom. The molecule has 0 radical (unpaired) electrons. The summed E-state index contributed by atoms with van der Waals surface area (Å²) < 4.78 is 0. The van der Waals surface area contributed by atoms with Gasteiger partial charge in [-0.25, -0.2) is 4.98 Å². The predicted octanol–water partition coefficient (Wildman–Crippen LogP) is 4.06. The van der Waals surface area contributed by atoms with E-state index in [9.17, 15) is 0 Å². The number of benzene rings is 1. The van der Waals surface area contributed by atoms with Crippen LogP contribution in [0.1, 0.15) is 28.3 Å². The first-order valence-electron chi connectivity index (χ1n) is 6.90. The molecule has 2 nitrogen and oxygen atoms in total. The summed E-state index contributed by atoms with van der Waals surface area (Å²) in [4.78, 5) is 4.37. The van der Waals surface area contributed by atoms with Crippen molar-refractivity contribution in [1.82, 2.24) is 10.3 Å². The molecule has 1 N–H and O–H groups in total. The van der Waals surface area contributed by atoms with Crippen LogP contribution < -0.4 is 5.32 Å². The summed E-state index contributed by atoms with van der Waals surface area (Å²) in [6.45, 7) is 6.55. The van der Waals surface area contributed by atoms with Crippen molar-refractivity contribution in [2.24, 2.45) is 0 Å². The van der Waals surface area contributed by atoms with Gasteiger partial charge in [0.1, 0.15) is 0 Å². The Bertz CT molecular complexity index is 543. The van der Waals surface area contributed by atoms with Crippen LogP contribution in [-0.2, 0) is 0 Å². The molecule has 0 aliphatic heterocycles. The minimum Gasteiger partial charge on any atom is -0.312 e. The second-order valence-electron chi connectivity index (χ2n) is 5.13. The van der Waals surface area contributed by atoms with Crippen LogP contribution in [-0.4, -0.2) is 17.8 Å². The third-order valence-corrected chi connectivity index (χ3v) is 4.51. The molecular weight excluding hydrogens is 264 g/mol. The molecule has 0 bridgehead atoms. The summed E-state index contributed by atoms with van der Waals surface area (Å²) in [7, 11) is 2.03. The molecule has 2 aromatic rings. The van der Waals surface area contributed by atoms with E-state index >= 15 is 0 Å². The maximum Gasteiger partial charge on any atom is 0.0960 e. The molecule has 0 spiro atoms. The van der Waals surface area contributed by atoms with Gasteiger partial charge in [-0.05, 0) is 56.6 Å². The number of nitrogens with zero attached hydrogens (tertiary/aromatic N) is 1. The number of hydrogen-bond donors (Lipinski definition) is 1. The molecule has 0 saturated carbocycles. The minimum absolute atomic E-state index is 0.350. The molecule has 0 aliphatic rings. The second kappa shape index (κ2) is 6.91. The van der Waals surface area contributed by atoms with Gasteiger partial charge in [-0.3, -0.25) is 0 Å². The highest BCUT2D eigenvalue weighted by molar-refractivity contribution is 7.99. The van der Waals surface area contributed by atoms with Crippen LogP contribution in [0.3, 0.4) is 0 Å². The first kappa shape index (κ1) is 15.1. The van der Waals surface area contributed by atoms with E-state index < -0.39 is 0 Å². The summed E-state index contributed by atoms with van der Waals surface area (Å²) in [5.41, 5.74) is 5.48. The number of aryl methyl sites for hydroxylation is 3. The Hall–Kier alpha value is -1.32. The van der Waals surface area contributed by atoms with Crippen molar-refractivity contribution in [3.05, 3.63) is 58.8 Å². The first-order valence-corrected chi connectivity index (χ1v) is 7.89. The molecule has 0 aliphatic carbocycles. The van der Waals surface area contributed by atoms with Gasteiger partial charge in [0.15, 0.2) is 0 Å². The van der Waals surface area contributed by atoms with E-state index in [0.717, 1.165) is 10.8 Å².